The lowest BCUT2D eigenvalue weighted by atomic mass is 10.00. The van der Waals surface area contributed by atoms with Gasteiger partial charge in [0.1, 0.15) is 0 Å². The minimum absolute atomic E-state index is 0.935. The van der Waals surface area contributed by atoms with Gasteiger partial charge in [0, 0.05) is 0 Å². The Kier molecular flexibility index (Phi) is 2.99. The van der Waals surface area contributed by atoms with E-state index < -0.39 is 0 Å². The van der Waals surface area contributed by atoms with Gasteiger partial charge in [-0.3, -0.25) is 0 Å². The van der Waals surface area contributed by atoms with E-state index in [0.29, 0.717) is 0 Å². The van der Waals surface area contributed by atoms with E-state index in [9.17, 15) is 0 Å². The van der Waals surface area contributed by atoms with Crippen LogP contribution in [0.25, 0.3) is 6.08 Å². The summed E-state index contributed by atoms with van der Waals surface area (Å²) < 4.78 is 0. The van der Waals surface area contributed by atoms with E-state index in [1.807, 2.05) is 24.3 Å². The van der Waals surface area contributed by atoms with E-state index in [1.54, 1.807) is 6.08 Å². The molecule has 0 spiro atoms. The van der Waals surface area contributed by atoms with Gasteiger partial charge < -0.3 is 0 Å². The maximum atomic E-state index is 5.58. The Balaban J connectivity index is 2.28. The molecule has 0 unspecified atom stereocenters. The Morgan fingerprint density at radius 3 is 2.27 bits per heavy atom. The van der Waals surface area contributed by atoms with Crippen LogP contribution in [0.4, 0.5) is 0 Å². The molecule has 15 heavy (non-hydrogen) atoms. The van der Waals surface area contributed by atoms with Crippen molar-refractivity contribution in [1.29, 1.82) is 0 Å². The lowest BCUT2D eigenvalue weighted by Crippen LogP contribution is -1.90. The first-order chi connectivity index (χ1) is 7.40. The van der Waals surface area contributed by atoms with Crippen molar-refractivity contribution < 1.29 is 0 Å². The van der Waals surface area contributed by atoms with Crippen LogP contribution >= 0.6 is 0 Å². The molecular weight excluding hydrogens is 180 g/mol. The highest BCUT2D eigenvalue weighted by atomic mass is 14.0. The van der Waals surface area contributed by atoms with E-state index in [2.05, 4.69) is 30.3 Å². The van der Waals surface area contributed by atoms with Gasteiger partial charge in [-0.05, 0) is 23.1 Å². The summed E-state index contributed by atoms with van der Waals surface area (Å²) >= 11 is 0. The van der Waals surface area contributed by atoms with Gasteiger partial charge in [-0.25, -0.2) is 0 Å². The fourth-order valence-corrected chi connectivity index (χ4v) is 1.67. The Morgan fingerprint density at radius 2 is 1.53 bits per heavy atom. The monoisotopic (exact) mass is 193 g/mol. The Hall–Kier alpha value is -1.82. The molecule has 0 N–H and O–H groups in total. The van der Waals surface area contributed by atoms with Crippen molar-refractivity contribution in [2.45, 2.75) is 6.42 Å². The smallest absolute Gasteiger partial charge is 0.00198 e. The molecule has 0 aliphatic rings. The summed E-state index contributed by atoms with van der Waals surface area (Å²) in [5.74, 6) is 0. The SMILES string of the molecule is [CH]=Cc1ccccc1Cc1ccccc1. The molecule has 73 valence electrons. The van der Waals surface area contributed by atoms with E-state index >= 15 is 0 Å². The van der Waals surface area contributed by atoms with E-state index in [-0.39, 0.29) is 0 Å². The molecule has 0 amide bonds. The molecule has 0 nitrogen and oxygen atoms in total. The molecule has 0 aliphatic carbocycles. The fraction of sp³-hybridized carbons (Fsp3) is 0.0667. The maximum Gasteiger partial charge on any atom is -0.00198 e. The third-order valence-corrected chi connectivity index (χ3v) is 2.47. The van der Waals surface area contributed by atoms with Gasteiger partial charge in [-0.1, -0.05) is 67.3 Å². The van der Waals surface area contributed by atoms with Crippen molar-refractivity contribution in [1.82, 2.24) is 0 Å². The highest BCUT2D eigenvalue weighted by molar-refractivity contribution is 5.51. The van der Waals surface area contributed by atoms with Gasteiger partial charge in [-0.15, -0.1) is 0 Å². The third kappa shape index (κ3) is 2.35. The minimum Gasteiger partial charge on any atom is -0.0622 e. The molecule has 2 rings (SSSR count). The predicted molar refractivity (Wildman–Crippen MR) is 64.5 cm³/mol. The fourth-order valence-electron chi connectivity index (χ4n) is 1.67. The average molecular weight is 193 g/mol. The van der Waals surface area contributed by atoms with Crippen LogP contribution in [0.2, 0.25) is 0 Å². The molecule has 0 atom stereocenters. The lowest BCUT2D eigenvalue weighted by molar-refractivity contribution is 1.18. The number of hydrogen-bond acceptors (Lipinski definition) is 0. The first-order valence-electron chi connectivity index (χ1n) is 5.07. The Labute approximate surface area is 90.9 Å². The highest BCUT2D eigenvalue weighted by Crippen LogP contribution is 2.14. The summed E-state index contributed by atoms with van der Waals surface area (Å²) in [7, 11) is 0. The first kappa shape index (κ1) is 9.72. The van der Waals surface area contributed by atoms with E-state index in [0.717, 1.165) is 12.0 Å². The van der Waals surface area contributed by atoms with Crippen LogP contribution in [0.3, 0.4) is 0 Å². The van der Waals surface area contributed by atoms with Crippen LogP contribution < -0.4 is 0 Å². The first-order valence-corrected chi connectivity index (χ1v) is 5.07. The Morgan fingerprint density at radius 1 is 0.867 bits per heavy atom. The van der Waals surface area contributed by atoms with E-state index in [1.165, 1.54) is 11.1 Å². The normalized spacial score (nSPS) is 9.87. The second-order valence-corrected chi connectivity index (χ2v) is 3.53. The van der Waals surface area contributed by atoms with Crippen molar-refractivity contribution in [2.75, 3.05) is 0 Å². The quantitative estimate of drug-likeness (QED) is 0.696. The standard InChI is InChI=1S/C15H13/c1-2-14-10-6-7-11-15(14)12-13-8-4-3-5-9-13/h1-11H,12H2. The molecular formula is C15H13. The second kappa shape index (κ2) is 4.61. The zero-order chi connectivity index (χ0) is 10.5. The van der Waals surface area contributed by atoms with Crippen molar-refractivity contribution >= 4 is 6.08 Å². The zero-order valence-electron chi connectivity index (χ0n) is 8.56. The van der Waals surface area contributed by atoms with Gasteiger partial charge in [0.25, 0.3) is 0 Å². The minimum atomic E-state index is 0.935. The maximum absolute atomic E-state index is 5.58. The zero-order valence-corrected chi connectivity index (χ0v) is 8.56. The van der Waals surface area contributed by atoms with Gasteiger partial charge in [0.15, 0.2) is 0 Å². The molecule has 0 bridgehead atoms. The Bertz CT molecular complexity index is 441. The van der Waals surface area contributed by atoms with Gasteiger partial charge >= 0.3 is 0 Å². The van der Waals surface area contributed by atoms with Crippen molar-refractivity contribution in [2.24, 2.45) is 0 Å². The summed E-state index contributed by atoms with van der Waals surface area (Å²) in [6.07, 6.45) is 2.60. The number of benzene rings is 2. The molecule has 0 aliphatic heterocycles. The van der Waals surface area contributed by atoms with Crippen LogP contribution in [0.5, 0.6) is 0 Å². The molecule has 0 saturated carbocycles. The predicted octanol–water partition coefficient (Wildman–Crippen LogP) is 3.72. The average Bonchev–Trinajstić information content (AvgIpc) is 2.31. The lowest BCUT2D eigenvalue weighted by Gasteiger charge is -2.05. The number of hydrogen-bond donors (Lipinski definition) is 0. The van der Waals surface area contributed by atoms with Crippen molar-refractivity contribution in [3.05, 3.63) is 77.9 Å². The van der Waals surface area contributed by atoms with Crippen LogP contribution in [0.1, 0.15) is 16.7 Å². The molecule has 0 fully saturated rings. The second-order valence-electron chi connectivity index (χ2n) is 3.53. The van der Waals surface area contributed by atoms with Gasteiger partial charge in [0.2, 0.25) is 0 Å². The van der Waals surface area contributed by atoms with E-state index in [4.69, 9.17) is 6.58 Å². The summed E-state index contributed by atoms with van der Waals surface area (Å²) in [5.41, 5.74) is 3.69. The van der Waals surface area contributed by atoms with Crippen LogP contribution in [0.15, 0.2) is 54.6 Å². The topological polar surface area (TPSA) is 0 Å². The summed E-state index contributed by atoms with van der Waals surface area (Å²) in [6.45, 7) is 5.58. The molecule has 2 aromatic rings. The number of rotatable bonds is 3. The molecule has 0 aromatic heterocycles. The summed E-state index contributed by atoms with van der Waals surface area (Å²) in [5, 5.41) is 0. The summed E-state index contributed by atoms with van der Waals surface area (Å²) in [4.78, 5) is 0. The third-order valence-electron chi connectivity index (χ3n) is 2.47. The summed E-state index contributed by atoms with van der Waals surface area (Å²) in [6, 6.07) is 18.6. The largest absolute Gasteiger partial charge is 0.0622 e. The van der Waals surface area contributed by atoms with Crippen LogP contribution in [-0.2, 0) is 6.42 Å². The van der Waals surface area contributed by atoms with Crippen molar-refractivity contribution in [3.8, 4) is 0 Å². The molecule has 0 heteroatoms. The van der Waals surface area contributed by atoms with Gasteiger partial charge in [0.05, 0.1) is 0 Å². The van der Waals surface area contributed by atoms with Crippen molar-refractivity contribution in [3.63, 3.8) is 0 Å². The molecule has 0 saturated heterocycles. The van der Waals surface area contributed by atoms with Crippen LogP contribution in [-0.4, -0.2) is 0 Å². The van der Waals surface area contributed by atoms with Gasteiger partial charge in [-0.2, -0.15) is 0 Å². The molecule has 1 radical (unpaired) electrons. The molecule has 0 heterocycles. The molecule has 2 aromatic carbocycles. The highest BCUT2D eigenvalue weighted by Gasteiger charge is 1.99. The van der Waals surface area contributed by atoms with Crippen LogP contribution in [0, 0.1) is 6.58 Å².